The lowest BCUT2D eigenvalue weighted by Crippen LogP contribution is -2.46. The molecule has 1 heterocycles. The van der Waals surface area contributed by atoms with Crippen molar-refractivity contribution >= 4 is 17.3 Å². The minimum Gasteiger partial charge on any atom is -0.462 e. The van der Waals surface area contributed by atoms with E-state index in [0.717, 1.165) is 17.9 Å². The van der Waals surface area contributed by atoms with Gasteiger partial charge in [-0.1, -0.05) is 13.8 Å². The van der Waals surface area contributed by atoms with E-state index in [4.69, 9.17) is 10.5 Å². The molecule has 0 radical (unpaired) electrons. The second kappa shape index (κ2) is 6.37. The number of piperidine rings is 1. The molecule has 0 amide bonds. The average Bonchev–Trinajstić information content (AvgIpc) is 2.43. The molecule has 1 aromatic carbocycles. The maximum atomic E-state index is 11.9. The minimum absolute atomic E-state index is 0.287. The third-order valence-electron chi connectivity index (χ3n) is 4.45. The van der Waals surface area contributed by atoms with E-state index in [9.17, 15) is 4.79 Å². The number of nitrogens with zero attached hydrogens (tertiary/aromatic N) is 1. The lowest BCUT2D eigenvalue weighted by atomic mass is 9.85. The van der Waals surface area contributed by atoms with E-state index in [1.165, 1.54) is 6.42 Å². The molecule has 116 valence electrons. The van der Waals surface area contributed by atoms with Crippen LogP contribution in [-0.2, 0) is 4.74 Å². The Morgan fingerprint density at radius 3 is 2.76 bits per heavy atom. The summed E-state index contributed by atoms with van der Waals surface area (Å²) in [5.41, 5.74) is 8.39. The third kappa shape index (κ3) is 3.31. The average molecular weight is 290 g/mol. The van der Waals surface area contributed by atoms with Crippen LogP contribution in [0.4, 0.5) is 11.4 Å². The van der Waals surface area contributed by atoms with E-state index >= 15 is 0 Å². The van der Waals surface area contributed by atoms with Crippen LogP contribution in [-0.4, -0.2) is 25.2 Å². The van der Waals surface area contributed by atoms with Gasteiger partial charge in [-0.25, -0.2) is 4.79 Å². The number of rotatable bonds is 3. The fraction of sp³-hybridized carbons (Fsp3) is 0.588. The van der Waals surface area contributed by atoms with Gasteiger partial charge < -0.3 is 15.4 Å². The van der Waals surface area contributed by atoms with E-state index in [0.29, 0.717) is 30.0 Å². The molecule has 3 unspecified atom stereocenters. The van der Waals surface area contributed by atoms with Crippen LogP contribution in [0.2, 0.25) is 0 Å². The Kier molecular flexibility index (Phi) is 4.76. The predicted octanol–water partition coefficient (Wildman–Crippen LogP) is 3.32. The highest BCUT2D eigenvalue weighted by molar-refractivity contribution is 5.92. The number of hydrogen-bond acceptors (Lipinski definition) is 4. The summed E-state index contributed by atoms with van der Waals surface area (Å²) in [6.07, 6.45) is 1.23. The summed E-state index contributed by atoms with van der Waals surface area (Å²) in [6, 6.07) is 5.83. The summed E-state index contributed by atoms with van der Waals surface area (Å²) in [5, 5.41) is 0. The standard InChI is InChI=1S/C17H26N2O2/c1-5-21-17(20)14-6-7-15(18)16(9-14)19-10-11(2)8-12(3)13(19)4/h6-7,9,11-13H,5,8,10,18H2,1-4H3. The van der Waals surface area contributed by atoms with Crippen LogP contribution in [0, 0.1) is 11.8 Å². The summed E-state index contributed by atoms with van der Waals surface area (Å²) in [4.78, 5) is 14.2. The van der Waals surface area contributed by atoms with E-state index in [1.807, 2.05) is 13.0 Å². The molecule has 0 spiro atoms. The molecule has 0 aliphatic carbocycles. The maximum Gasteiger partial charge on any atom is 0.338 e. The molecule has 0 bridgehead atoms. The number of nitrogens with two attached hydrogens (primary N) is 1. The van der Waals surface area contributed by atoms with Gasteiger partial charge in [0.05, 0.1) is 23.5 Å². The van der Waals surface area contributed by atoms with Gasteiger partial charge in [-0.2, -0.15) is 0 Å². The SMILES string of the molecule is CCOC(=O)c1ccc(N)c(N2CC(C)CC(C)C2C)c1. The van der Waals surface area contributed by atoms with Gasteiger partial charge >= 0.3 is 5.97 Å². The van der Waals surface area contributed by atoms with Gasteiger partial charge in [0.1, 0.15) is 0 Å². The highest BCUT2D eigenvalue weighted by Gasteiger charge is 2.30. The van der Waals surface area contributed by atoms with Crippen LogP contribution >= 0.6 is 0 Å². The molecule has 2 N–H and O–H groups in total. The van der Waals surface area contributed by atoms with Gasteiger partial charge in [-0.05, 0) is 50.3 Å². The van der Waals surface area contributed by atoms with Gasteiger partial charge in [0.25, 0.3) is 0 Å². The first-order valence-corrected chi connectivity index (χ1v) is 7.77. The van der Waals surface area contributed by atoms with Crippen molar-refractivity contribution in [3.63, 3.8) is 0 Å². The molecule has 4 nitrogen and oxygen atoms in total. The van der Waals surface area contributed by atoms with Crippen LogP contribution in [0.3, 0.4) is 0 Å². The van der Waals surface area contributed by atoms with Gasteiger partial charge in [0, 0.05) is 12.6 Å². The summed E-state index contributed by atoms with van der Waals surface area (Å²) in [6.45, 7) is 9.94. The number of esters is 1. The molecule has 0 aromatic heterocycles. The van der Waals surface area contributed by atoms with Crippen molar-refractivity contribution in [3.05, 3.63) is 23.8 Å². The van der Waals surface area contributed by atoms with Crippen molar-refractivity contribution in [2.24, 2.45) is 11.8 Å². The monoisotopic (exact) mass is 290 g/mol. The zero-order valence-corrected chi connectivity index (χ0v) is 13.4. The van der Waals surface area contributed by atoms with E-state index < -0.39 is 0 Å². The number of carbonyl (C=O) groups excluding carboxylic acids is 1. The molecule has 0 saturated carbocycles. The lowest BCUT2D eigenvalue weighted by molar-refractivity contribution is 0.0526. The fourth-order valence-electron chi connectivity index (χ4n) is 3.17. The van der Waals surface area contributed by atoms with Crippen molar-refractivity contribution in [1.82, 2.24) is 0 Å². The number of carbonyl (C=O) groups is 1. The first kappa shape index (κ1) is 15.7. The molecule has 1 aliphatic rings. The number of nitrogen functional groups attached to an aromatic ring is 1. The molecule has 1 fully saturated rings. The normalized spacial score (nSPS) is 25.7. The molecular formula is C17H26N2O2. The Balaban J connectivity index is 2.33. The summed E-state index contributed by atoms with van der Waals surface area (Å²) < 4.78 is 5.08. The van der Waals surface area contributed by atoms with Crippen LogP contribution in [0.1, 0.15) is 44.5 Å². The fourth-order valence-corrected chi connectivity index (χ4v) is 3.17. The van der Waals surface area contributed by atoms with Crippen LogP contribution in [0.15, 0.2) is 18.2 Å². The minimum atomic E-state index is -0.287. The van der Waals surface area contributed by atoms with Crippen LogP contribution < -0.4 is 10.6 Å². The van der Waals surface area contributed by atoms with Gasteiger partial charge in [-0.3, -0.25) is 0 Å². The number of benzene rings is 1. The highest BCUT2D eigenvalue weighted by atomic mass is 16.5. The largest absolute Gasteiger partial charge is 0.462 e. The molecule has 1 aliphatic heterocycles. The Bertz CT molecular complexity index is 516. The Hall–Kier alpha value is -1.71. The van der Waals surface area contributed by atoms with E-state index in [-0.39, 0.29) is 5.97 Å². The topological polar surface area (TPSA) is 55.6 Å². The van der Waals surface area contributed by atoms with Crippen molar-refractivity contribution in [2.75, 3.05) is 23.8 Å². The van der Waals surface area contributed by atoms with Crippen LogP contribution in [0.5, 0.6) is 0 Å². The molecule has 4 heteroatoms. The van der Waals surface area contributed by atoms with Gasteiger partial charge in [0.2, 0.25) is 0 Å². The van der Waals surface area contributed by atoms with Crippen molar-refractivity contribution in [1.29, 1.82) is 0 Å². The van der Waals surface area contributed by atoms with Gasteiger partial charge in [0.15, 0.2) is 0 Å². The van der Waals surface area contributed by atoms with E-state index in [1.54, 1.807) is 12.1 Å². The summed E-state index contributed by atoms with van der Waals surface area (Å²) in [5.74, 6) is 0.950. The molecule has 21 heavy (non-hydrogen) atoms. The van der Waals surface area contributed by atoms with Crippen LogP contribution in [0.25, 0.3) is 0 Å². The smallest absolute Gasteiger partial charge is 0.338 e. The number of ether oxygens (including phenoxy) is 1. The Morgan fingerprint density at radius 2 is 2.10 bits per heavy atom. The Labute approximate surface area is 127 Å². The van der Waals surface area contributed by atoms with Crippen molar-refractivity contribution in [2.45, 2.75) is 40.2 Å². The van der Waals surface area contributed by atoms with Crippen molar-refractivity contribution in [3.8, 4) is 0 Å². The maximum absolute atomic E-state index is 11.9. The first-order chi connectivity index (χ1) is 9.93. The first-order valence-electron chi connectivity index (χ1n) is 7.77. The van der Waals surface area contributed by atoms with E-state index in [2.05, 4.69) is 25.7 Å². The molecule has 1 saturated heterocycles. The molecule has 1 aromatic rings. The Morgan fingerprint density at radius 1 is 1.38 bits per heavy atom. The molecular weight excluding hydrogens is 264 g/mol. The quantitative estimate of drug-likeness (QED) is 0.685. The number of anilines is 2. The lowest BCUT2D eigenvalue weighted by Gasteiger charge is -2.43. The van der Waals surface area contributed by atoms with Gasteiger partial charge in [-0.15, -0.1) is 0 Å². The zero-order chi connectivity index (χ0) is 15.6. The highest BCUT2D eigenvalue weighted by Crippen LogP contribution is 2.34. The van der Waals surface area contributed by atoms with Crippen molar-refractivity contribution < 1.29 is 9.53 Å². The molecule has 2 rings (SSSR count). The predicted molar refractivity (Wildman–Crippen MR) is 86.6 cm³/mol. The molecule has 3 atom stereocenters. The zero-order valence-electron chi connectivity index (χ0n) is 13.4. The summed E-state index contributed by atoms with van der Waals surface area (Å²) in [7, 11) is 0. The number of hydrogen-bond donors (Lipinski definition) is 1. The third-order valence-corrected chi connectivity index (χ3v) is 4.45. The summed E-state index contributed by atoms with van der Waals surface area (Å²) >= 11 is 0. The second-order valence-corrected chi connectivity index (χ2v) is 6.21. The second-order valence-electron chi connectivity index (χ2n) is 6.21.